The minimum Gasteiger partial charge on any atom is -0.348 e. The average Bonchev–Trinajstić information content (AvgIpc) is 2.93. The van der Waals surface area contributed by atoms with Crippen LogP contribution in [0.5, 0.6) is 0 Å². The van der Waals surface area contributed by atoms with Crippen LogP contribution in [0.2, 0.25) is 4.34 Å². The van der Waals surface area contributed by atoms with Gasteiger partial charge in [-0.2, -0.15) is 5.10 Å². The molecule has 2 N–H and O–H groups in total. The SMILES string of the molecule is CC1CC(NC(=O)c2cn[nH]c2-c2ccc(Cl)s2)CN1C1CC1. The number of carbonyl (C=O) groups is 1. The molecule has 2 aromatic heterocycles. The molecule has 122 valence electrons. The molecule has 1 aliphatic carbocycles. The number of nitrogens with zero attached hydrogens (tertiary/aromatic N) is 2. The van der Waals surface area contributed by atoms with Gasteiger partial charge in [-0.3, -0.25) is 14.8 Å². The van der Waals surface area contributed by atoms with Crippen molar-refractivity contribution < 1.29 is 4.79 Å². The van der Waals surface area contributed by atoms with Crippen LogP contribution in [0.25, 0.3) is 10.6 Å². The van der Waals surface area contributed by atoms with E-state index in [1.165, 1.54) is 24.2 Å². The zero-order chi connectivity index (χ0) is 16.0. The van der Waals surface area contributed by atoms with Crippen LogP contribution in [0.15, 0.2) is 18.3 Å². The van der Waals surface area contributed by atoms with Gasteiger partial charge in [0.15, 0.2) is 0 Å². The number of H-pyrrole nitrogens is 1. The number of hydrogen-bond donors (Lipinski definition) is 2. The standard InChI is InChI=1S/C16H19ClN4OS/c1-9-6-10(8-21(9)11-2-3-11)19-16(22)12-7-18-20-15(12)13-4-5-14(17)23-13/h4-5,7,9-11H,2-3,6,8H2,1H3,(H,18,20)(H,19,22). The Morgan fingerprint density at radius 2 is 2.30 bits per heavy atom. The largest absolute Gasteiger partial charge is 0.348 e. The lowest BCUT2D eigenvalue weighted by Gasteiger charge is -2.19. The molecule has 1 saturated carbocycles. The number of nitrogens with one attached hydrogen (secondary N) is 2. The maximum Gasteiger partial charge on any atom is 0.255 e. The number of thiophene rings is 1. The van der Waals surface area contributed by atoms with Crippen molar-refractivity contribution in [2.45, 2.75) is 44.3 Å². The quantitative estimate of drug-likeness (QED) is 0.890. The maximum absolute atomic E-state index is 12.6. The molecular formula is C16H19ClN4OS. The molecule has 2 aliphatic rings. The second-order valence-electron chi connectivity index (χ2n) is 6.45. The second kappa shape index (κ2) is 5.92. The highest BCUT2D eigenvalue weighted by Crippen LogP contribution is 2.34. The van der Waals surface area contributed by atoms with Gasteiger partial charge >= 0.3 is 0 Å². The summed E-state index contributed by atoms with van der Waals surface area (Å²) in [5, 5.41) is 10.1. The number of aromatic nitrogens is 2. The van der Waals surface area contributed by atoms with Gasteiger partial charge in [-0.05, 0) is 38.3 Å². The lowest BCUT2D eigenvalue weighted by molar-refractivity contribution is 0.0938. The van der Waals surface area contributed by atoms with Gasteiger partial charge in [0.25, 0.3) is 5.91 Å². The highest BCUT2D eigenvalue weighted by atomic mass is 35.5. The summed E-state index contributed by atoms with van der Waals surface area (Å²) >= 11 is 7.43. The van der Waals surface area contributed by atoms with Crippen LogP contribution < -0.4 is 5.32 Å². The van der Waals surface area contributed by atoms with Gasteiger partial charge in [0, 0.05) is 24.7 Å². The van der Waals surface area contributed by atoms with Crippen LogP contribution in [0, 0.1) is 0 Å². The van der Waals surface area contributed by atoms with E-state index in [0.29, 0.717) is 15.9 Å². The van der Waals surface area contributed by atoms with E-state index in [0.717, 1.165) is 29.6 Å². The number of likely N-dealkylation sites (tertiary alicyclic amines) is 1. The van der Waals surface area contributed by atoms with Crippen LogP contribution in [0.3, 0.4) is 0 Å². The van der Waals surface area contributed by atoms with Gasteiger partial charge in [0.05, 0.1) is 26.7 Å². The summed E-state index contributed by atoms with van der Waals surface area (Å²) < 4.78 is 0.700. The molecule has 0 bridgehead atoms. The third kappa shape index (κ3) is 3.03. The van der Waals surface area contributed by atoms with Crippen LogP contribution >= 0.6 is 22.9 Å². The Bertz CT molecular complexity index is 723. The number of halogens is 1. The van der Waals surface area contributed by atoms with E-state index in [2.05, 4.69) is 27.3 Å². The summed E-state index contributed by atoms with van der Waals surface area (Å²) in [5.41, 5.74) is 1.32. The molecule has 7 heteroatoms. The maximum atomic E-state index is 12.6. The zero-order valence-electron chi connectivity index (χ0n) is 12.9. The minimum atomic E-state index is -0.0619. The fourth-order valence-corrected chi connectivity index (χ4v) is 4.49. The Morgan fingerprint density at radius 1 is 1.48 bits per heavy atom. The van der Waals surface area contributed by atoms with E-state index in [1.54, 1.807) is 6.20 Å². The fraction of sp³-hybridized carbons (Fsp3) is 0.500. The number of rotatable bonds is 4. The van der Waals surface area contributed by atoms with Crippen LogP contribution in [0.4, 0.5) is 0 Å². The van der Waals surface area contributed by atoms with Gasteiger partial charge in [-0.1, -0.05) is 11.6 Å². The summed E-state index contributed by atoms with van der Waals surface area (Å²) in [7, 11) is 0. The molecule has 1 amide bonds. The van der Waals surface area contributed by atoms with E-state index in [1.807, 2.05) is 12.1 Å². The smallest absolute Gasteiger partial charge is 0.255 e. The molecule has 23 heavy (non-hydrogen) atoms. The molecule has 2 atom stereocenters. The molecule has 2 unspecified atom stereocenters. The Morgan fingerprint density at radius 3 is 3.00 bits per heavy atom. The summed E-state index contributed by atoms with van der Waals surface area (Å²) in [6.07, 6.45) is 5.21. The highest BCUT2D eigenvalue weighted by molar-refractivity contribution is 7.19. The van der Waals surface area contributed by atoms with Crippen LogP contribution in [-0.2, 0) is 0 Å². The van der Waals surface area contributed by atoms with Crippen molar-refractivity contribution >= 4 is 28.8 Å². The molecule has 3 heterocycles. The highest BCUT2D eigenvalue weighted by Gasteiger charge is 2.39. The second-order valence-corrected chi connectivity index (χ2v) is 8.16. The first-order valence-corrected chi connectivity index (χ1v) is 9.17. The third-order valence-electron chi connectivity index (χ3n) is 4.68. The van der Waals surface area contributed by atoms with Gasteiger partial charge in [-0.15, -0.1) is 11.3 Å². The number of carbonyl (C=O) groups excluding carboxylic acids is 1. The average molecular weight is 351 g/mol. The van der Waals surface area contributed by atoms with Crippen LogP contribution in [-0.4, -0.2) is 45.7 Å². The van der Waals surface area contributed by atoms with E-state index in [-0.39, 0.29) is 11.9 Å². The molecule has 1 saturated heterocycles. The van der Waals surface area contributed by atoms with Crippen molar-refractivity contribution in [1.82, 2.24) is 20.4 Å². The van der Waals surface area contributed by atoms with Gasteiger partial charge in [-0.25, -0.2) is 0 Å². The summed E-state index contributed by atoms with van der Waals surface area (Å²) in [4.78, 5) is 16.1. The Kier molecular flexibility index (Phi) is 3.91. The van der Waals surface area contributed by atoms with E-state index in [9.17, 15) is 4.79 Å². The van der Waals surface area contributed by atoms with Crippen molar-refractivity contribution in [1.29, 1.82) is 0 Å². The van der Waals surface area contributed by atoms with Gasteiger partial charge in [0.1, 0.15) is 0 Å². The van der Waals surface area contributed by atoms with Crippen molar-refractivity contribution in [2.75, 3.05) is 6.54 Å². The first-order chi connectivity index (χ1) is 11.1. The molecule has 2 fully saturated rings. The topological polar surface area (TPSA) is 61.0 Å². The molecule has 2 aromatic rings. The van der Waals surface area contributed by atoms with Crippen molar-refractivity contribution in [3.63, 3.8) is 0 Å². The molecule has 0 spiro atoms. The molecular weight excluding hydrogens is 332 g/mol. The Balaban J connectivity index is 1.47. The van der Waals surface area contributed by atoms with Crippen LogP contribution in [0.1, 0.15) is 36.5 Å². The normalized spacial score (nSPS) is 25.0. The Labute approximate surface area is 144 Å². The zero-order valence-corrected chi connectivity index (χ0v) is 14.5. The Hall–Kier alpha value is -1.37. The van der Waals surface area contributed by atoms with Crippen molar-refractivity contribution in [2.24, 2.45) is 0 Å². The molecule has 1 aliphatic heterocycles. The van der Waals surface area contributed by atoms with Crippen molar-refractivity contribution in [3.8, 4) is 10.6 Å². The first kappa shape index (κ1) is 15.2. The number of hydrogen-bond acceptors (Lipinski definition) is 4. The number of aromatic amines is 1. The van der Waals surface area contributed by atoms with E-state index < -0.39 is 0 Å². The third-order valence-corrected chi connectivity index (χ3v) is 5.93. The predicted octanol–water partition coefficient (Wildman–Crippen LogP) is 3.15. The summed E-state index contributed by atoms with van der Waals surface area (Å²) in [6, 6.07) is 5.24. The van der Waals surface area contributed by atoms with E-state index in [4.69, 9.17) is 11.6 Å². The fourth-order valence-electron chi connectivity index (χ4n) is 3.43. The van der Waals surface area contributed by atoms with Gasteiger partial charge < -0.3 is 5.32 Å². The molecule has 5 nitrogen and oxygen atoms in total. The summed E-state index contributed by atoms with van der Waals surface area (Å²) in [5.74, 6) is -0.0619. The molecule has 0 radical (unpaired) electrons. The van der Waals surface area contributed by atoms with Crippen molar-refractivity contribution in [3.05, 3.63) is 28.2 Å². The monoisotopic (exact) mass is 350 g/mol. The molecule has 4 rings (SSSR count). The summed E-state index contributed by atoms with van der Waals surface area (Å²) in [6.45, 7) is 3.21. The minimum absolute atomic E-state index is 0.0619. The number of amides is 1. The van der Waals surface area contributed by atoms with E-state index >= 15 is 0 Å². The first-order valence-electron chi connectivity index (χ1n) is 7.97. The molecule has 0 aromatic carbocycles. The van der Waals surface area contributed by atoms with Gasteiger partial charge in [0.2, 0.25) is 0 Å². The lowest BCUT2D eigenvalue weighted by Crippen LogP contribution is -2.37. The predicted molar refractivity (Wildman–Crippen MR) is 92.0 cm³/mol. The lowest BCUT2D eigenvalue weighted by atomic mass is 10.1.